The lowest BCUT2D eigenvalue weighted by atomic mass is 9.93. The van der Waals surface area contributed by atoms with Crippen LogP contribution < -0.4 is 26.0 Å². The Kier molecular flexibility index (Phi) is 9.50. The summed E-state index contributed by atoms with van der Waals surface area (Å²) in [5.41, 5.74) is 9.51. The van der Waals surface area contributed by atoms with Crippen molar-refractivity contribution in [1.29, 1.82) is 0 Å². The number of aromatic nitrogens is 4. The topological polar surface area (TPSA) is 175 Å². The molecule has 0 radical (unpaired) electrons. The first-order valence-corrected chi connectivity index (χ1v) is 17.4. The molecule has 3 aromatic rings. The molecule has 48 heavy (non-hydrogen) atoms. The Morgan fingerprint density at radius 3 is 2.65 bits per heavy atom. The number of carbonyl (C=O) groups excluding carboxylic acids is 3. The molecule has 1 saturated carbocycles. The summed E-state index contributed by atoms with van der Waals surface area (Å²) in [5, 5.41) is 11.4. The Bertz CT molecular complexity index is 1740. The summed E-state index contributed by atoms with van der Waals surface area (Å²) in [5.74, 6) is 0.161. The normalized spacial score (nSPS) is 21.7. The van der Waals surface area contributed by atoms with Gasteiger partial charge >= 0.3 is 12.1 Å². The summed E-state index contributed by atoms with van der Waals surface area (Å²) in [4.78, 5) is 49.7. The number of hydrogen-bond acceptors (Lipinski definition) is 12. The maximum atomic E-state index is 13.7. The van der Waals surface area contributed by atoms with Crippen molar-refractivity contribution < 1.29 is 28.6 Å². The van der Waals surface area contributed by atoms with Gasteiger partial charge in [0, 0.05) is 36.3 Å². The third kappa shape index (κ3) is 7.20. The average Bonchev–Trinajstić information content (AvgIpc) is 3.72. The van der Waals surface area contributed by atoms with E-state index in [1.807, 2.05) is 40.7 Å². The molecular weight excluding hydrogens is 636 g/mol. The van der Waals surface area contributed by atoms with Crippen LogP contribution in [0, 0.1) is 6.92 Å². The first kappa shape index (κ1) is 33.5. The minimum absolute atomic E-state index is 0.0178. The number of rotatable bonds is 8. The predicted molar refractivity (Wildman–Crippen MR) is 181 cm³/mol. The van der Waals surface area contributed by atoms with E-state index >= 15 is 0 Å². The number of nitrogen functional groups attached to an aromatic ring is 1. The zero-order valence-electron chi connectivity index (χ0n) is 28.1. The molecule has 258 valence electrons. The molecule has 3 aromatic heterocycles. The third-order valence-electron chi connectivity index (χ3n) is 8.86. The highest BCUT2D eigenvalue weighted by Gasteiger charge is 2.32. The van der Waals surface area contributed by atoms with E-state index < -0.39 is 11.7 Å². The van der Waals surface area contributed by atoms with Crippen LogP contribution in [0.1, 0.15) is 93.0 Å². The number of nitrogens with two attached hydrogens (primary N) is 1. The van der Waals surface area contributed by atoms with Crippen LogP contribution in [-0.2, 0) is 14.3 Å². The van der Waals surface area contributed by atoms with Gasteiger partial charge in [-0.15, -0.1) is 11.3 Å². The van der Waals surface area contributed by atoms with Gasteiger partial charge in [-0.2, -0.15) is 5.10 Å². The molecule has 0 bridgehead atoms. The summed E-state index contributed by atoms with van der Waals surface area (Å²) in [6.45, 7) is 10.8. The third-order valence-corrected chi connectivity index (χ3v) is 9.81. The molecule has 14 nitrogen and oxygen atoms in total. The molecule has 5 heterocycles. The number of ether oxygens (including phenoxy) is 3. The van der Waals surface area contributed by atoms with Crippen molar-refractivity contribution in [1.82, 2.24) is 30.2 Å². The largest absolute Gasteiger partial charge is 0.473 e. The van der Waals surface area contributed by atoms with Gasteiger partial charge in [0.1, 0.15) is 30.2 Å². The van der Waals surface area contributed by atoms with E-state index in [0.29, 0.717) is 40.6 Å². The van der Waals surface area contributed by atoms with Crippen molar-refractivity contribution in [2.75, 3.05) is 30.3 Å². The molecule has 2 fully saturated rings. The van der Waals surface area contributed by atoms with Crippen LogP contribution >= 0.6 is 11.3 Å². The minimum Gasteiger partial charge on any atom is -0.473 e. The lowest BCUT2D eigenvalue weighted by Gasteiger charge is -2.34. The molecule has 1 atom stereocenters. The molecule has 6 rings (SSSR count). The highest BCUT2D eigenvalue weighted by Crippen LogP contribution is 2.37. The highest BCUT2D eigenvalue weighted by atomic mass is 32.1. The van der Waals surface area contributed by atoms with Gasteiger partial charge in [-0.25, -0.2) is 24.1 Å². The average molecular weight is 681 g/mol. The monoisotopic (exact) mass is 680 g/mol. The summed E-state index contributed by atoms with van der Waals surface area (Å²) in [6.07, 6.45) is 6.05. The fraction of sp³-hybridized carbons (Fsp3) is 0.576. The number of carbonyl (C=O) groups is 3. The summed E-state index contributed by atoms with van der Waals surface area (Å²) >= 11 is 1.32. The molecule has 3 aliphatic rings. The van der Waals surface area contributed by atoms with E-state index in [1.165, 1.54) is 17.7 Å². The van der Waals surface area contributed by atoms with Crippen molar-refractivity contribution in [3.63, 3.8) is 0 Å². The van der Waals surface area contributed by atoms with Crippen molar-refractivity contribution in [3.8, 4) is 5.88 Å². The fourth-order valence-electron chi connectivity index (χ4n) is 6.68. The highest BCUT2D eigenvalue weighted by molar-refractivity contribution is 7.13. The Morgan fingerprint density at radius 2 is 1.92 bits per heavy atom. The van der Waals surface area contributed by atoms with E-state index in [9.17, 15) is 14.4 Å². The molecule has 2 amide bonds. The standard InChI is InChI=1S/C33H44N8O6S/c1-6-22-23(16-45-31(22)43)24-14-25(26-28(34)35-17-36-41(24)26)40-13-7-8-20(15-40)38-29(42)27-30(37-18(2)48-27)46-21-11-9-19(10-12-21)39-32(44)47-33(3,4)5/h14,17,19-21H,6-13,15-16H2,1-5H3,(H,38,42)(H,39,44)(H2,34,35,36)/t19?,20-,21?/m1/s1. The van der Waals surface area contributed by atoms with Crippen LogP contribution in [0.4, 0.5) is 16.3 Å². The predicted octanol–water partition coefficient (Wildman–Crippen LogP) is 4.41. The van der Waals surface area contributed by atoms with Crippen molar-refractivity contribution >= 4 is 51.9 Å². The summed E-state index contributed by atoms with van der Waals surface area (Å²) < 4.78 is 18.8. The van der Waals surface area contributed by atoms with E-state index in [0.717, 1.165) is 67.0 Å². The van der Waals surface area contributed by atoms with Gasteiger partial charge in [-0.1, -0.05) is 6.92 Å². The van der Waals surface area contributed by atoms with Gasteiger partial charge in [0.2, 0.25) is 5.88 Å². The second kappa shape index (κ2) is 13.6. The van der Waals surface area contributed by atoms with E-state index in [-0.39, 0.29) is 36.7 Å². The fourth-order valence-corrected chi connectivity index (χ4v) is 7.44. The number of esters is 1. The van der Waals surface area contributed by atoms with Crippen LogP contribution in [0.3, 0.4) is 0 Å². The zero-order valence-corrected chi connectivity index (χ0v) is 28.9. The number of alkyl carbamates (subject to hydrolysis) is 1. The molecule has 2 aliphatic heterocycles. The lowest BCUT2D eigenvalue weighted by molar-refractivity contribution is -0.136. The Labute approximate surface area is 283 Å². The van der Waals surface area contributed by atoms with Crippen LogP contribution in [-0.4, -0.2) is 81.0 Å². The van der Waals surface area contributed by atoms with Gasteiger partial charge in [0.05, 0.1) is 16.4 Å². The van der Waals surface area contributed by atoms with Gasteiger partial charge < -0.3 is 35.5 Å². The molecule has 15 heteroatoms. The summed E-state index contributed by atoms with van der Waals surface area (Å²) in [6, 6.07) is 1.87. The number of piperidine rings is 1. The van der Waals surface area contributed by atoms with E-state index in [1.54, 1.807) is 4.52 Å². The van der Waals surface area contributed by atoms with Gasteiger partial charge in [0.25, 0.3) is 5.91 Å². The zero-order chi connectivity index (χ0) is 34.2. The maximum Gasteiger partial charge on any atom is 0.407 e. The second-order valence-corrected chi connectivity index (χ2v) is 14.8. The first-order chi connectivity index (χ1) is 22.9. The van der Waals surface area contributed by atoms with Crippen LogP contribution in [0.2, 0.25) is 0 Å². The first-order valence-electron chi connectivity index (χ1n) is 16.6. The number of amides is 2. The number of fused-ring (bicyclic) bond motifs is 1. The quantitative estimate of drug-likeness (QED) is 0.288. The van der Waals surface area contributed by atoms with Crippen molar-refractivity contribution in [2.24, 2.45) is 0 Å². The Balaban J connectivity index is 1.12. The van der Waals surface area contributed by atoms with Crippen LogP contribution in [0.15, 0.2) is 18.0 Å². The van der Waals surface area contributed by atoms with E-state index in [2.05, 4.69) is 30.6 Å². The number of aryl methyl sites for hydroxylation is 1. The van der Waals surface area contributed by atoms with Crippen molar-refractivity contribution in [3.05, 3.63) is 33.5 Å². The smallest absolute Gasteiger partial charge is 0.407 e. The number of anilines is 2. The lowest BCUT2D eigenvalue weighted by Crippen LogP contribution is -2.47. The Hall–Kier alpha value is -4.40. The van der Waals surface area contributed by atoms with Gasteiger partial charge in [0.15, 0.2) is 10.7 Å². The van der Waals surface area contributed by atoms with Crippen LogP contribution in [0.25, 0.3) is 11.1 Å². The number of cyclic esters (lactones) is 1. The van der Waals surface area contributed by atoms with Crippen molar-refractivity contribution in [2.45, 2.75) is 103 Å². The molecule has 0 unspecified atom stereocenters. The molecular formula is C33H44N8O6S. The van der Waals surface area contributed by atoms with Gasteiger partial charge in [-0.05, 0) is 78.7 Å². The molecule has 0 aromatic carbocycles. The molecule has 4 N–H and O–H groups in total. The number of nitrogens with one attached hydrogen (secondary N) is 2. The Morgan fingerprint density at radius 1 is 1.15 bits per heavy atom. The number of nitrogens with zero attached hydrogens (tertiary/aromatic N) is 5. The second-order valence-electron chi connectivity index (χ2n) is 13.6. The van der Waals surface area contributed by atoms with E-state index in [4.69, 9.17) is 19.9 Å². The molecule has 1 aliphatic carbocycles. The molecule has 1 saturated heterocycles. The maximum absolute atomic E-state index is 13.7. The van der Waals surface area contributed by atoms with Gasteiger partial charge in [-0.3, -0.25) is 4.79 Å². The summed E-state index contributed by atoms with van der Waals surface area (Å²) in [7, 11) is 0. The number of hydrogen-bond donors (Lipinski definition) is 3. The molecule has 0 spiro atoms. The number of thiazole rings is 1. The van der Waals surface area contributed by atoms with Crippen LogP contribution in [0.5, 0.6) is 5.88 Å². The minimum atomic E-state index is -0.548. The SMILES string of the molecule is CCC1=C(c2cc(N3CCC[C@@H](NC(=O)c4sc(C)nc4OC4CCC(NC(=O)OC(C)(C)C)CC4)C3)c3c(N)ncnn23)COC1=O.